The van der Waals surface area contributed by atoms with Crippen molar-refractivity contribution >= 4 is 23.2 Å². The predicted molar refractivity (Wildman–Crippen MR) is 107 cm³/mol. The molecule has 2 aromatic carbocycles. The van der Waals surface area contributed by atoms with E-state index in [-0.39, 0.29) is 11.5 Å². The third-order valence-electron chi connectivity index (χ3n) is 5.94. The van der Waals surface area contributed by atoms with Gasteiger partial charge in [-0.3, -0.25) is 19.8 Å². The molecular formula is C20H20ClN3O5. The second kappa shape index (κ2) is 6.89. The zero-order valence-corrected chi connectivity index (χ0v) is 16.9. The van der Waals surface area contributed by atoms with Crippen LogP contribution in [-0.2, 0) is 10.3 Å². The molecule has 1 amide bonds. The van der Waals surface area contributed by atoms with Gasteiger partial charge in [0.15, 0.2) is 17.0 Å². The first-order chi connectivity index (χ1) is 13.9. The number of nitrogens with zero attached hydrogens (tertiary/aromatic N) is 2. The van der Waals surface area contributed by atoms with Crippen molar-refractivity contribution in [2.75, 3.05) is 33.1 Å². The molecule has 0 aromatic heterocycles. The van der Waals surface area contributed by atoms with Crippen molar-refractivity contribution in [3.05, 3.63) is 62.7 Å². The van der Waals surface area contributed by atoms with E-state index in [2.05, 4.69) is 5.32 Å². The number of likely N-dealkylation sites (N-methyl/N-ethyl adjacent to an activating group) is 1. The van der Waals surface area contributed by atoms with Gasteiger partial charge in [0.1, 0.15) is 0 Å². The number of rotatable bonds is 4. The van der Waals surface area contributed by atoms with E-state index in [4.69, 9.17) is 21.1 Å². The number of benzene rings is 2. The van der Waals surface area contributed by atoms with Crippen molar-refractivity contribution in [1.29, 1.82) is 0 Å². The van der Waals surface area contributed by atoms with Crippen LogP contribution in [0.2, 0.25) is 5.02 Å². The molecule has 0 bridgehead atoms. The topological polar surface area (TPSA) is 93.9 Å². The highest BCUT2D eigenvalue weighted by molar-refractivity contribution is 6.31. The highest BCUT2D eigenvalue weighted by atomic mass is 35.5. The Kier molecular flexibility index (Phi) is 4.63. The van der Waals surface area contributed by atoms with Crippen LogP contribution in [0.25, 0.3) is 0 Å². The summed E-state index contributed by atoms with van der Waals surface area (Å²) in [5, 5.41) is 15.5. The van der Waals surface area contributed by atoms with Crippen LogP contribution in [0.15, 0.2) is 36.4 Å². The van der Waals surface area contributed by atoms with Crippen molar-refractivity contribution < 1.29 is 19.2 Å². The van der Waals surface area contributed by atoms with Gasteiger partial charge in [0, 0.05) is 33.8 Å². The Morgan fingerprint density at radius 2 is 1.90 bits per heavy atom. The standard InChI is InChI=1S/C20H20ClN3O5/c1-23-10-12(11-8-16(28-2)17(29-3)9-14(11)21)18(24(26)27)20(23)13-6-4-5-7-15(13)22-19(20)25/h4-9,12,18H,10H2,1-3H3,(H,22,25)/t12-,18+,20-/m0/s1. The molecule has 0 aliphatic carbocycles. The molecule has 0 radical (unpaired) electrons. The number of fused-ring (bicyclic) bond motifs is 2. The summed E-state index contributed by atoms with van der Waals surface area (Å²) >= 11 is 6.49. The van der Waals surface area contributed by atoms with Gasteiger partial charge in [-0.2, -0.15) is 0 Å². The maximum absolute atomic E-state index is 13.1. The average Bonchev–Trinajstić information content (AvgIpc) is 3.17. The number of nitrogens with one attached hydrogen (secondary N) is 1. The van der Waals surface area contributed by atoms with Crippen molar-refractivity contribution in [3.63, 3.8) is 0 Å². The van der Waals surface area contributed by atoms with Crippen LogP contribution in [-0.4, -0.2) is 49.6 Å². The van der Waals surface area contributed by atoms with E-state index < -0.39 is 23.4 Å². The normalized spacial score (nSPS) is 25.7. The first-order valence-corrected chi connectivity index (χ1v) is 9.41. The molecule has 1 spiro atoms. The van der Waals surface area contributed by atoms with Crippen LogP contribution in [0.3, 0.4) is 0 Å². The van der Waals surface area contributed by atoms with E-state index in [1.165, 1.54) is 14.2 Å². The molecule has 2 aliphatic rings. The fourth-order valence-electron chi connectivity index (χ4n) is 4.71. The number of likely N-dealkylation sites (tertiary alicyclic amines) is 1. The summed E-state index contributed by atoms with van der Waals surface area (Å²) in [4.78, 5) is 26.8. The van der Waals surface area contributed by atoms with Gasteiger partial charge in [0.2, 0.25) is 0 Å². The molecule has 1 N–H and O–H groups in total. The number of halogens is 1. The molecular weight excluding hydrogens is 398 g/mol. The van der Waals surface area contributed by atoms with Crippen LogP contribution in [0, 0.1) is 10.1 Å². The van der Waals surface area contributed by atoms with Crippen molar-refractivity contribution in [2.24, 2.45) is 0 Å². The number of anilines is 1. The Morgan fingerprint density at radius 1 is 1.24 bits per heavy atom. The van der Waals surface area contributed by atoms with E-state index in [0.717, 1.165) is 0 Å². The molecule has 2 heterocycles. The van der Waals surface area contributed by atoms with E-state index >= 15 is 0 Å². The number of carbonyl (C=O) groups is 1. The third kappa shape index (κ3) is 2.59. The number of methoxy groups -OCH3 is 2. The van der Waals surface area contributed by atoms with Crippen molar-refractivity contribution in [1.82, 2.24) is 4.90 Å². The van der Waals surface area contributed by atoms with E-state index in [1.807, 2.05) is 0 Å². The molecule has 9 heteroatoms. The average molecular weight is 418 g/mol. The first-order valence-electron chi connectivity index (χ1n) is 9.03. The summed E-state index contributed by atoms with van der Waals surface area (Å²) in [7, 11) is 4.71. The smallest absolute Gasteiger partial charge is 0.256 e. The molecule has 0 unspecified atom stereocenters. The number of hydrogen-bond acceptors (Lipinski definition) is 6. The quantitative estimate of drug-likeness (QED) is 0.607. The van der Waals surface area contributed by atoms with Gasteiger partial charge >= 0.3 is 0 Å². The van der Waals surface area contributed by atoms with Gasteiger partial charge in [-0.25, -0.2) is 0 Å². The fraction of sp³-hybridized carbons (Fsp3) is 0.350. The van der Waals surface area contributed by atoms with Gasteiger partial charge in [-0.1, -0.05) is 29.8 Å². The molecule has 152 valence electrons. The summed E-state index contributed by atoms with van der Waals surface area (Å²) in [6, 6.07) is 9.10. The molecule has 1 saturated heterocycles. The van der Waals surface area contributed by atoms with E-state index in [0.29, 0.717) is 33.3 Å². The summed E-state index contributed by atoms with van der Waals surface area (Å²) in [6.07, 6.45) is 0. The van der Waals surface area contributed by atoms with Gasteiger partial charge < -0.3 is 14.8 Å². The Balaban J connectivity index is 1.91. The lowest BCUT2D eigenvalue weighted by Gasteiger charge is -2.30. The molecule has 2 aliphatic heterocycles. The van der Waals surface area contributed by atoms with Gasteiger partial charge in [-0.05, 0) is 24.7 Å². The van der Waals surface area contributed by atoms with Gasteiger partial charge in [-0.15, -0.1) is 0 Å². The minimum absolute atomic E-state index is 0.280. The number of para-hydroxylation sites is 1. The van der Waals surface area contributed by atoms with Crippen LogP contribution >= 0.6 is 11.6 Å². The van der Waals surface area contributed by atoms with Crippen LogP contribution in [0.1, 0.15) is 17.0 Å². The largest absolute Gasteiger partial charge is 0.493 e. The first kappa shape index (κ1) is 19.5. The van der Waals surface area contributed by atoms with Gasteiger partial charge in [0.25, 0.3) is 11.9 Å². The Labute approximate surface area is 172 Å². The molecule has 3 atom stereocenters. The predicted octanol–water partition coefficient (Wildman–Crippen LogP) is 2.88. The van der Waals surface area contributed by atoms with Crippen molar-refractivity contribution in [3.8, 4) is 11.5 Å². The fourth-order valence-corrected chi connectivity index (χ4v) is 5.01. The van der Waals surface area contributed by atoms with E-state index in [9.17, 15) is 14.9 Å². The third-order valence-corrected chi connectivity index (χ3v) is 6.27. The number of amides is 1. The maximum atomic E-state index is 13.1. The molecule has 4 rings (SSSR count). The molecule has 29 heavy (non-hydrogen) atoms. The van der Waals surface area contributed by atoms with Crippen LogP contribution in [0.5, 0.6) is 11.5 Å². The Morgan fingerprint density at radius 3 is 2.55 bits per heavy atom. The zero-order chi connectivity index (χ0) is 20.9. The molecule has 2 aromatic rings. The second-order valence-electron chi connectivity index (χ2n) is 7.21. The highest BCUT2D eigenvalue weighted by Crippen LogP contribution is 2.53. The number of hydrogen-bond donors (Lipinski definition) is 1. The lowest BCUT2D eigenvalue weighted by atomic mass is 9.79. The van der Waals surface area contributed by atoms with Crippen LogP contribution < -0.4 is 14.8 Å². The molecule has 8 nitrogen and oxygen atoms in total. The summed E-state index contributed by atoms with van der Waals surface area (Å²) in [5.74, 6) is -0.168. The highest BCUT2D eigenvalue weighted by Gasteiger charge is 2.68. The minimum atomic E-state index is -1.42. The lowest BCUT2D eigenvalue weighted by Crippen LogP contribution is -2.54. The Bertz CT molecular complexity index is 1010. The number of ether oxygens (including phenoxy) is 2. The molecule has 0 saturated carbocycles. The summed E-state index contributed by atoms with van der Waals surface area (Å²) in [5.41, 5.74) is 0.330. The maximum Gasteiger partial charge on any atom is 0.256 e. The Hall–Kier alpha value is -2.84. The zero-order valence-electron chi connectivity index (χ0n) is 16.1. The lowest BCUT2D eigenvalue weighted by molar-refractivity contribution is -0.534. The molecule has 1 fully saturated rings. The minimum Gasteiger partial charge on any atom is -0.493 e. The second-order valence-corrected chi connectivity index (χ2v) is 7.62. The van der Waals surface area contributed by atoms with Crippen LogP contribution in [0.4, 0.5) is 5.69 Å². The summed E-state index contributed by atoms with van der Waals surface area (Å²) in [6.45, 7) is 0.280. The van der Waals surface area contributed by atoms with Gasteiger partial charge in [0.05, 0.1) is 20.1 Å². The van der Waals surface area contributed by atoms with Crippen molar-refractivity contribution in [2.45, 2.75) is 17.5 Å². The number of nitro groups is 1. The van der Waals surface area contributed by atoms with E-state index in [1.54, 1.807) is 48.3 Å². The number of carbonyl (C=O) groups excluding carboxylic acids is 1. The SMILES string of the molecule is COc1cc(Cl)c([C@@H]2CN(C)[C@]3(C(=O)Nc4ccccc43)[C@@H]2[N+](=O)[O-])cc1OC. The monoisotopic (exact) mass is 417 g/mol. The summed E-state index contributed by atoms with van der Waals surface area (Å²) < 4.78 is 10.6.